The van der Waals surface area contributed by atoms with Gasteiger partial charge in [-0.3, -0.25) is 53.2 Å². The SMILES string of the molecule is Cc1cc(C)c(NC(=O)CC[C@@H](NC(=O)CCC(C(=O)OC(C)(C)C)N2CCN(CC(=O)OC(C)(C)C)CCN(CC(=O)OC(C)(C)C)CCN(CC(=O)OC(C)(C)C)CC2)C(=O)NCCOCCOCCOCCOCCOCCN)c(C)c1Br. The zero-order chi connectivity index (χ0) is 64.7. The standard InChI is InChI=1S/C61H107BrN8O16/c1-44-40-45(2)55(46(3)54(44)62)66-50(72)18-16-47(56(76)64-21-31-79-33-35-81-37-39-82-38-36-80-34-32-78-30-20-63)65-49(71)19-17-48(57(77)86-61(13,14)15)70-28-26-68(42-52(74)84-59(7,8)9)24-22-67(41-51(73)83-58(4,5)6)23-25-69(27-29-70)43-53(75)85-60(10,11)12/h40,47-48H,16-39,41-43,63H2,1-15H3,(H,64,76)(H,65,71)(H,66,72)/t47-,48?/m1/s1. The number of hydrogen-bond donors (Lipinski definition) is 4. The lowest BCUT2D eigenvalue weighted by Gasteiger charge is -2.37. The quantitative estimate of drug-likeness (QED) is 0.0421. The van der Waals surface area contributed by atoms with Crippen LogP contribution in [0.25, 0.3) is 0 Å². The molecule has 25 heteroatoms. The molecular weight excluding hydrogens is 1180 g/mol. The van der Waals surface area contributed by atoms with E-state index in [1.807, 2.05) is 46.4 Å². The van der Waals surface area contributed by atoms with Crippen molar-refractivity contribution in [1.29, 1.82) is 0 Å². The van der Waals surface area contributed by atoms with E-state index in [1.54, 1.807) is 83.1 Å². The summed E-state index contributed by atoms with van der Waals surface area (Å²) in [4.78, 5) is 104. The summed E-state index contributed by atoms with van der Waals surface area (Å²) < 4.78 is 51.6. The summed E-state index contributed by atoms with van der Waals surface area (Å²) in [6.45, 7) is 33.3. The van der Waals surface area contributed by atoms with Crippen LogP contribution in [-0.2, 0) is 76.2 Å². The molecule has 86 heavy (non-hydrogen) atoms. The molecule has 2 atom stereocenters. The fraction of sp³-hybridized carbons (Fsp3) is 0.787. The summed E-state index contributed by atoms with van der Waals surface area (Å²) in [6, 6.07) is -0.220. The first-order valence-electron chi connectivity index (χ1n) is 30.2. The summed E-state index contributed by atoms with van der Waals surface area (Å²) in [6.07, 6.45) is -0.467. The second-order valence-electron chi connectivity index (χ2n) is 25.4. The minimum absolute atomic E-state index is 0.0401. The van der Waals surface area contributed by atoms with E-state index in [-0.39, 0.29) is 97.2 Å². The Bertz CT molecular complexity index is 2200. The van der Waals surface area contributed by atoms with E-state index in [9.17, 15) is 33.6 Å². The highest BCUT2D eigenvalue weighted by atomic mass is 79.9. The van der Waals surface area contributed by atoms with Gasteiger partial charge in [0.2, 0.25) is 17.7 Å². The van der Waals surface area contributed by atoms with Crippen molar-refractivity contribution >= 4 is 63.2 Å². The summed E-state index contributed by atoms with van der Waals surface area (Å²) in [5.41, 5.74) is 5.61. The third-order valence-corrected chi connectivity index (χ3v) is 13.9. The van der Waals surface area contributed by atoms with Crippen molar-refractivity contribution in [1.82, 2.24) is 30.2 Å². The van der Waals surface area contributed by atoms with E-state index >= 15 is 0 Å². The maximum atomic E-state index is 14.5. The largest absolute Gasteiger partial charge is 0.459 e. The average Bonchev–Trinajstić information content (AvgIpc) is 1.65. The Hall–Kier alpha value is -4.41. The van der Waals surface area contributed by atoms with Crippen LogP contribution in [0.2, 0.25) is 0 Å². The van der Waals surface area contributed by atoms with Gasteiger partial charge in [0.25, 0.3) is 0 Å². The number of hydrogen-bond acceptors (Lipinski definition) is 21. The molecule has 1 aromatic carbocycles. The number of benzene rings is 1. The summed E-state index contributed by atoms with van der Waals surface area (Å²) in [5, 5.41) is 8.67. The number of carbonyl (C=O) groups is 7. The Morgan fingerprint density at radius 1 is 0.523 bits per heavy atom. The van der Waals surface area contributed by atoms with Crippen LogP contribution in [0, 0.1) is 20.8 Å². The Kier molecular flexibility index (Phi) is 35.7. The zero-order valence-electron chi connectivity index (χ0n) is 54.6. The summed E-state index contributed by atoms with van der Waals surface area (Å²) >= 11 is 3.61. The third kappa shape index (κ3) is 36.2. The van der Waals surface area contributed by atoms with Gasteiger partial charge >= 0.3 is 23.9 Å². The van der Waals surface area contributed by atoms with Crippen LogP contribution < -0.4 is 21.7 Å². The minimum Gasteiger partial charge on any atom is -0.459 e. The van der Waals surface area contributed by atoms with Gasteiger partial charge in [-0.15, -0.1) is 0 Å². The topological polar surface area (TPSA) is 278 Å². The van der Waals surface area contributed by atoms with Gasteiger partial charge in [0.05, 0.1) is 85.7 Å². The first-order valence-corrected chi connectivity index (χ1v) is 31.0. The molecule has 2 rings (SSSR count). The third-order valence-electron chi connectivity index (χ3n) is 12.7. The number of ether oxygens (including phenoxy) is 9. The molecule has 0 aromatic heterocycles. The molecule has 0 saturated carbocycles. The van der Waals surface area contributed by atoms with Gasteiger partial charge in [-0.05, 0) is 133 Å². The molecule has 0 aliphatic carbocycles. The average molecular weight is 1290 g/mol. The highest BCUT2D eigenvalue weighted by Gasteiger charge is 2.34. The summed E-state index contributed by atoms with van der Waals surface area (Å²) in [5.74, 6) is -3.39. The number of halogens is 1. The predicted octanol–water partition coefficient (Wildman–Crippen LogP) is 4.47. The van der Waals surface area contributed by atoms with Gasteiger partial charge in [0.1, 0.15) is 34.5 Å². The van der Waals surface area contributed by atoms with E-state index in [2.05, 4.69) is 31.9 Å². The molecule has 1 unspecified atom stereocenters. The fourth-order valence-corrected chi connectivity index (χ4v) is 9.21. The molecule has 1 saturated heterocycles. The lowest BCUT2D eigenvalue weighted by atomic mass is 10.0. The maximum absolute atomic E-state index is 14.5. The molecule has 1 fully saturated rings. The molecule has 5 N–H and O–H groups in total. The Balaban J connectivity index is 2.40. The van der Waals surface area contributed by atoms with Crippen LogP contribution in [0.15, 0.2) is 10.5 Å². The molecule has 1 heterocycles. The van der Waals surface area contributed by atoms with Gasteiger partial charge in [0.15, 0.2) is 0 Å². The number of esters is 4. The number of anilines is 1. The fourth-order valence-electron chi connectivity index (χ4n) is 8.90. The van der Waals surface area contributed by atoms with Crippen LogP contribution >= 0.6 is 15.9 Å². The van der Waals surface area contributed by atoms with Crippen molar-refractivity contribution < 1.29 is 76.2 Å². The number of aryl methyl sites for hydroxylation is 2. The van der Waals surface area contributed by atoms with Crippen LogP contribution in [0.4, 0.5) is 5.69 Å². The zero-order valence-corrected chi connectivity index (χ0v) is 56.2. The number of amides is 3. The second-order valence-corrected chi connectivity index (χ2v) is 26.2. The lowest BCUT2D eigenvalue weighted by Crippen LogP contribution is -2.53. The Morgan fingerprint density at radius 3 is 1.31 bits per heavy atom. The smallest absolute Gasteiger partial charge is 0.323 e. The van der Waals surface area contributed by atoms with Crippen molar-refractivity contribution in [3.8, 4) is 0 Å². The summed E-state index contributed by atoms with van der Waals surface area (Å²) in [7, 11) is 0. The van der Waals surface area contributed by atoms with Gasteiger partial charge in [-0.25, -0.2) is 0 Å². The first kappa shape index (κ1) is 77.7. The minimum atomic E-state index is -1.15. The normalized spacial score (nSPS) is 15.6. The highest BCUT2D eigenvalue weighted by Crippen LogP contribution is 2.31. The van der Waals surface area contributed by atoms with Crippen LogP contribution in [0.5, 0.6) is 0 Å². The number of nitrogens with zero attached hydrogens (tertiary/aromatic N) is 4. The molecule has 0 spiro atoms. The number of nitrogens with one attached hydrogen (secondary N) is 3. The molecule has 1 aromatic rings. The Morgan fingerprint density at radius 2 is 0.907 bits per heavy atom. The molecule has 0 radical (unpaired) electrons. The van der Waals surface area contributed by atoms with Crippen molar-refractivity contribution in [2.75, 3.05) is 156 Å². The highest BCUT2D eigenvalue weighted by molar-refractivity contribution is 9.10. The van der Waals surface area contributed by atoms with E-state index < -0.39 is 70.2 Å². The molecule has 24 nitrogen and oxygen atoms in total. The van der Waals surface area contributed by atoms with Crippen LogP contribution in [0.3, 0.4) is 0 Å². The van der Waals surface area contributed by atoms with E-state index in [0.717, 1.165) is 21.2 Å². The van der Waals surface area contributed by atoms with Crippen molar-refractivity contribution in [3.05, 3.63) is 27.2 Å². The van der Waals surface area contributed by atoms with Crippen LogP contribution in [-0.4, -0.2) is 247 Å². The lowest BCUT2D eigenvalue weighted by molar-refractivity contribution is -0.163. The molecule has 494 valence electrons. The molecular formula is C61H107BrN8O16. The molecule has 1 aliphatic rings. The van der Waals surface area contributed by atoms with Crippen molar-refractivity contribution in [2.24, 2.45) is 5.73 Å². The van der Waals surface area contributed by atoms with Crippen LogP contribution in [0.1, 0.15) is 125 Å². The number of rotatable bonds is 34. The van der Waals surface area contributed by atoms with E-state index in [1.165, 1.54) is 0 Å². The number of nitrogens with two attached hydrogens (primary N) is 1. The maximum Gasteiger partial charge on any atom is 0.323 e. The van der Waals surface area contributed by atoms with Gasteiger partial charge in [-0.1, -0.05) is 22.0 Å². The number of carbonyl (C=O) groups excluding carboxylic acids is 7. The van der Waals surface area contributed by atoms with Gasteiger partial charge in [0, 0.05) is 88.4 Å². The van der Waals surface area contributed by atoms with E-state index in [4.69, 9.17) is 48.4 Å². The second kappa shape index (κ2) is 39.6. The monoisotopic (exact) mass is 1290 g/mol. The van der Waals surface area contributed by atoms with Crippen molar-refractivity contribution in [2.45, 2.75) is 164 Å². The van der Waals surface area contributed by atoms with Gasteiger partial charge in [-0.2, -0.15) is 0 Å². The molecule has 0 bridgehead atoms. The van der Waals surface area contributed by atoms with Crippen molar-refractivity contribution in [3.63, 3.8) is 0 Å². The first-order chi connectivity index (χ1) is 40.1. The molecule has 3 amide bonds. The van der Waals surface area contributed by atoms with Gasteiger partial charge < -0.3 is 64.3 Å². The Labute approximate surface area is 521 Å². The predicted molar refractivity (Wildman–Crippen MR) is 332 cm³/mol. The molecule has 1 aliphatic heterocycles. The van der Waals surface area contributed by atoms with E-state index in [0.29, 0.717) is 91.3 Å².